The summed E-state index contributed by atoms with van der Waals surface area (Å²) in [5.41, 5.74) is 6.00. The van der Waals surface area contributed by atoms with Gasteiger partial charge in [0.1, 0.15) is 24.1 Å². The van der Waals surface area contributed by atoms with E-state index in [0.29, 0.717) is 16.7 Å². The first-order chi connectivity index (χ1) is 12.3. The van der Waals surface area contributed by atoms with Gasteiger partial charge in [-0.1, -0.05) is 48.8 Å². The van der Waals surface area contributed by atoms with Gasteiger partial charge in [0.2, 0.25) is 0 Å². The zero-order valence-electron chi connectivity index (χ0n) is 14.8. The molecule has 1 aromatic carbocycles. The van der Waals surface area contributed by atoms with Crippen molar-refractivity contribution in [3.8, 4) is 0 Å². The number of benzene rings is 1. The van der Waals surface area contributed by atoms with Gasteiger partial charge in [0.15, 0.2) is 0 Å². The van der Waals surface area contributed by atoms with Gasteiger partial charge in [-0.25, -0.2) is 9.78 Å². The minimum atomic E-state index is -0.813. The molecule has 0 saturated carbocycles. The van der Waals surface area contributed by atoms with Crippen LogP contribution in [0.4, 0.5) is 4.79 Å². The summed E-state index contributed by atoms with van der Waals surface area (Å²) in [6.45, 7) is 4.88. The van der Waals surface area contributed by atoms with Gasteiger partial charge in [0.05, 0.1) is 12.3 Å². The van der Waals surface area contributed by atoms with E-state index in [-0.39, 0.29) is 19.1 Å². The quantitative estimate of drug-likeness (QED) is 0.634. The Labute approximate surface area is 167 Å². The van der Waals surface area contributed by atoms with Crippen molar-refractivity contribution in [2.75, 3.05) is 13.2 Å². The zero-order chi connectivity index (χ0) is 19.3. The highest BCUT2D eigenvalue weighted by Gasteiger charge is 2.19. The molecule has 6 nitrogen and oxygen atoms in total. The number of aromatic nitrogens is 2. The second-order valence-corrected chi connectivity index (χ2v) is 7.79. The van der Waals surface area contributed by atoms with Gasteiger partial charge < -0.3 is 19.8 Å². The molecule has 0 fully saturated rings. The minimum Gasteiger partial charge on any atom is -0.447 e. The summed E-state index contributed by atoms with van der Waals surface area (Å²) in [5, 5.41) is 2.05. The predicted molar refractivity (Wildman–Crippen MR) is 103 cm³/mol. The van der Waals surface area contributed by atoms with Gasteiger partial charge >= 0.3 is 6.09 Å². The molecule has 0 saturated heterocycles. The summed E-state index contributed by atoms with van der Waals surface area (Å²) < 4.78 is 12.2. The highest BCUT2D eigenvalue weighted by atomic mass is 35.5. The third-order valence-corrected chi connectivity index (χ3v) is 4.90. The number of imidazole rings is 1. The third kappa shape index (κ3) is 5.81. The lowest BCUT2D eigenvalue weighted by atomic mass is 10.1. The number of ether oxygens (including phenoxy) is 2. The molecular formula is C17H21Cl2N3O3S. The molecule has 2 rings (SSSR count). The smallest absolute Gasteiger partial charge is 0.404 e. The van der Waals surface area contributed by atoms with E-state index in [1.807, 2.05) is 23.7 Å². The van der Waals surface area contributed by atoms with Crippen molar-refractivity contribution >= 4 is 41.1 Å². The van der Waals surface area contributed by atoms with Crippen molar-refractivity contribution < 1.29 is 14.3 Å². The molecule has 0 radical (unpaired) electrons. The number of carbonyl (C=O) groups is 1. The highest BCUT2D eigenvalue weighted by Crippen LogP contribution is 2.36. The Morgan fingerprint density at radius 1 is 1.27 bits per heavy atom. The Kier molecular flexibility index (Phi) is 7.64. The van der Waals surface area contributed by atoms with E-state index in [1.165, 1.54) is 11.8 Å². The fraction of sp³-hybridized carbons (Fsp3) is 0.412. The summed E-state index contributed by atoms with van der Waals surface area (Å²) in [5.74, 6) is 1.06. The Morgan fingerprint density at radius 3 is 2.50 bits per heavy atom. The van der Waals surface area contributed by atoms with E-state index in [9.17, 15) is 4.79 Å². The number of carbonyl (C=O) groups excluding carboxylic acids is 1. The van der Waals surface area contributed by atoms with E-state index in [1.54, 1.807) is 6.07 Å². The maximum absolute atomic E-state index is 10.5. The lowest BCUT2D eigenvalue weighted by Gasteiger charge is -2.11. The van der Waals surface area contributed by atoms with Crippen molar-refractivity contribution in [3.05, 3.63) is 39.8 Å². The van der Waals surface area contributed by atoms with Crippen LogP contribution < -0.4 is 5.73 Å². The molecule has 26 heavy (non-hydrogen) atoms. The van der Waals surface area contributed by atoms with Gasteiger partial charge in [0, 0.05) is 22.0 Å². The van der Waals surface area contributed by atoms with Crippen LogP contribution in [-0.2, 0) is 23.1 Å². The van der Waals surface area contributed by atoms with Gasteiger partial charge in [0.25, 0.3) is 0 Å². The molecule has 2 N–H and O–H groups in total. The molecule has 1 aromatic heterocycles. The van der Waals surface area contributed by atoms with Crippen LogP contribution in [0, 0.1) is 0 Å². The summed E-state index contributed by atoms with van der Waals surface area (Å²) in [6, 6.07) is 5.41. The zero-order valence-corrected chi connectivity index (χ0v) is 17.1. The molecule has 2 aromatic rings. The van der Waals surface area contributed by atoms with Gasteiger partial charge in [-0.15, -0.1) is 0 Å². The van der Waals surface area contributed by atoms with E-state index >= 15 is 0 Å². The summed E-state index contributed by atoms with van der Waals surface area (Å²) >= 11 is 13.7. The third-order valence-electron chi connectivity index (χ3n) is 3.50. The van der Waals surface area contributed by atoms with E-state index in [2.05, 4.69) is 18.6 Å². The number of amides is 1. The molecular weight excluding hydrogens is 397 g/mol. The number of rotatable bonds is 8. The van der Waals surface area contributed by atoms with Crippen molar-refractivity contribution in [3.63, 3.8) is 0 Å². The summed E-state index contributed by atoms with van der Waals surface area (Å²) in [7, 11) is 1.95. The number of hydrogen-bond donors (Lipinski definition) is 1. The molecule has 0 aliphatic heterocycles. The second kappa shape index (κ2) is 9.50. The monoisotopic (exact) mass is 417 g/mol. The van der Waals surface area contributed by atoms with Crippen LogP contribution in [0.2, 0.25) is 10.0 Å². The first-order valence-electron chi connectivity index (χ1n) is 7.97. The van der Waals surface area contributed by atoms with Crippen LogP contribution in [0.15, 0.2) is 28.1 Å². The molecule has 9 heteroatoms. The lowest BCUT2D eigenvalue weighted by Crippen LogP contribution is -2.16. The van der Waals surface area contributed by atoms with Crippen molar-refractivity contribution in [1.82, 2.24) is 9.55 Å². The van der Waals surface area contributed by atoms with E-state index in [4.69, 9.17) is 38.7 Å². The molecule has 0 unspecified atom stereocenters. The Morgan fingerprint density at radius 2 is 1.92 bits per heavy atom. The number of primary amides is 1. The van der Waals surface area contributed by atoms with Crippen molar-refractivity contribution in [2.45, 2.75) is 36.3 Å². The Balaban J connectivity index is 2.14. The van der Waals surface area contributed by atoms with Crippen molar-refractivity contribution in [2.24, 2.45) is 12.8 Å². The van der Waals surface area contributed by atoms with Crippen LogP contribution in [0.3, 0.4) is 0 Å². The maximum Gasteiger partial charge on any atom is 0.404 e. The normalized spacial score (nSPS) is 11.2. The van der Waals surface area contributed by atoms with Gasteiger partial charge in [-0.3, -0.25) is 0 Å². The van der Waals surface area contributed by atoms with Crippen LogP contribution in [0.1, 0.15) is 31.3 Å². The molecule has 1 amide bonds. The first kappa shape index (κ1) is 20.9. The summed E-state index contributed by atoms with van der Waals surface area (Å²) in [6.07, 6.45) is -0.813. The topological polar surface area (TPSA) is 79.4 Å². The number of nitrogens with two attached hydrogens (primary N) is 1. The highest BCUT2D eigenvalue weighted by molar-refractivity contribution is 7.99. The van der Waals surface area contributed by atoms with Crippen LogP contribution in [0.25, 0.3) is 0 Å². The summed E-state index contributed by atoms with van der Waals surface area (Å²) in [4.78, 5) is 16.2. The molecule has 1 heterocycles. The molecule has 142 valence electrons. The number of hydrogen-bond acceptors (Lipinski definition) is 5. The molecule has 0 atom stereocenters. The fourth-order valence-corrected chi connectivity index (χ4v) is 4.31. The average Bonchev–Trinajstić information content (AvgIpc) is 2.81. The standard InChI is InChI=1S/C17H21Cl2N3O3S/c1-10(2)15-16(26-13-7-11(18)6-12(19)8-13)21-14(22(15)3)9-24-4-5-25-17(20)23/h6-8,10H,4-5,9H2,1-3H3,(H2,20,23). The maximum atomic E-state index is 10.5. The second-order valence-electron chi connectivity index (χ2n) is 5.86. The lowest BCUT2D eigenvalue weighted by molar-refractivity contribution is 0.0640. The average molecular weight is 418 g/mol. The molecule has 0 aliphatic carbocycles. The van der Waals surface area contributed by atoms with Crippen molar-refractivity contribution in [1.29, 1.82) is 0 Å². The number of nitrogens with zero attached hydrogens (tertiary/aromatic N) is 2. The van der Waals surface area contributed by atoms with Gasteiger partial charge in [-0.05, 0) is 24.1 Å². The molecule has 0 bridgehead atoms. The van der Waals surface area contributed by atoms with Crippen LogP contribution in [-0.4, -0.2) is 28.9 Å². The minimum absolute atomic E-state index is 0.111. The van der Waals surface area contributed by atoms with E-state index in [0.717, 1.165) is 21.4 Å². The molecule has 0 aliphatic rings. The Bertz CT molecular complexity index is 761. The Hall–Kier alpha value is -1.41. The predicted octanol–water partition coefficient (Wildman–Crippen LogP) is 4.61. The first-order valence-corrected chi connectivity index (χ1v) is 9.54. The number of halogens is 2. The van der Waals surface area contributed by atoms with Crippen LogP contribution in [0.5, 0.6) is 0 Å². The van der Waals surface area contributed by atoms with Gasteiger partial charge in [-0.2, -0.15) is 0 Å². The van der Waals surface area contributed by atoms with E-state index < -0.39 is 6.09 Å². The fourth-order valence-electron chi connectivity index (χ4n) is 2.43. The van der Waals surface area contributed by atoms with Crippen LogP contribution >= 0.6 is 35.0 Å². The SMILES string of the molecule is CC(C)c1c(Sc2cc(Cl)cc(Cl)c2)nc(COCCOC(N)=O)n1C. The largest absolute Gasteiger partial charge is 0.447 e. The molecule has 0 spiro atoms.